The SMILES string of the molecule is CC1=CC(=NN=c2cc(C)n([O-])c(C)c2)C=C(C)[N+]1=O. The summed E-state index contributed by atoms with van der Waals surface area (Å²) in [5.74, 6) is 0. The summed E-state index contributed by atoms with van der Waals surface area (Å²) in [4.78, 5) is 11.5. The van der Waals surface area contributed by atoms with Crippen LogP contribution in [0.3, 0.4) is 0 Å². The smallest absolute Gasteiger partial charge is 0.239 e. The third-order valence-corrected chi connectivity index (χ3v) is 2.99. The van der Waals surface area contributed by atoms with Crippen LogP contribution in [0.1, 0.15) is 25.2 Å². The molecular formula is C14H16N4O2. The summed E-state index contributed by atoms with van der Waals surface area (Å²) < 4.78 is 1.69. The van der Waals surface area contributed by atoms with Crippen LogP contribution in [0, 0.1) is 24.0 Å². The van der Waals surface area contributed by atoms with E-state index in [4.69, 9.17) is 0 Å². The van der Waals surface area contributed by atoms with Crippen LogP contribution in [0.25, 0.3) is 0 Å². The lowest BCUT2D eigenvalue weighted by Crippen LogP contribution is -2.12. The van der Waals surface area contributed by atoms with Gasteiger partial charge in [-0.1, -0.05) is 0 Å². The summed E-state index contributed by atoms with van der Waals surface area (Å²) in [6.07, 6.45) is 3.33. The fraction of sp³-hybridized carbons (Fsp3) is 0.286. The minimum absolute atomic E-state index is 0.566. The van der Waals surface area contributed by atoms with Gasteiger partial charge in [0.15, 0.2) is 0 Å². The molecule has 0 radical (unpaired) electrons. The third-order valence-electron chi connectivity index (χ3n) is 2.99. The van der Waals surface area contributed by atoms with Crippen molar-refractivity contribution in [2.75, 3.05) is 0 Å². The molecule has 1 aromatic heterocycles. The van der Waals surface area contributed by atoms with E-state index in [1.54, 1.807) is 52.0 Å². The van der Waals surface area contributed by atoms with Crippen molar-refractivity contribution in [2.45, 2.75) is 27.7 Å². The standard InChI is InChI=1S/C14H16N4O2/c1-9-5-13(6-10(2)17(9)19)15-16-14-7-11(3)18(20)12(4)8-14/h5-8H,1-4H3. The van der Waals surface area contributed by atoms with Gasteiger partial charge in [0.1, 0.15) is 0 Å². The van der Waals surface area contributed by atoms with Gasteiger partial charge in [0.25, 0.3) is 0 Å². The van der Waals surface area contributed by atoms with Crippen molar-refractivity contribution in [1.82, 2.24) is 4.73 Å². The van der Waals surface area contributed by atoms with E-state index in [9.17, 15) is 10.1 Å². The van der Waals surface area contributed by atoms with E-state index in [1.807, 2.05) is 0 Å². The largest absolute Gasteiger partial charge is 0.806 e. The average molecular weight is 272 g/mol. The molecular weight excluding hydrogens is 256 g/mol. The molecule has 1 aliphatic heterocycles. The molecule has 6 heteroatoms. The second kappa shape index (κ2) is 5.24. The molecule has 104 valence electrons. The molecule has 0 fully saturated rings. The summed E-state index contributed by atoms with van der Waals surface area (Å²) in [6, 6.07) is 3.33. The predicted octanol–water partition coefficient (Wildman–Crippen LogP) is 2.31. The van der Waals surface area contributed by atoms with Crippen molar-refractivity contribution in [2.24, 2.45) is 10.2 Å². The Labute approximate surface area is 116 Å². The molecule has 0 unspecified atom stereocenters. The van der Waals surface area contributed by atoms with Gasteiger partial charge in [0.2, 0.25) is 11.4 Å². The van der Waals surface area contributed by atoms with Gasteiger partial charge in [0, 0.05) is 42.3 Å². The molecule has 0 aromatic carbocycles. The third kappa shape index (κ3) is 2.74. The summed E-state index contributed by atoms with van der Waals surface area (Å²) in [6.45, 7) is 6.87. The van der Waals surface area contributed by atoms with Crippen LogP contribution in [0.5, 0.6) is 0 Å². The number of pyridine rings is 1. The minimum Gasteiger partial charge on any atom is -0.806 e. The number of aryl methyl sites for hydroxylation is 2. The molecule has 0 N–H and O–H groups in total. The number of nitrogens with zero attached hydrogens (tertiary/aromatic N) is 4. The monoisotopic (exact) mass is 272 g/mol. The Morgan fingerprint density at radius 3 is 2.00 bits per heavy atom. The molecule has 0 spiro atoms. The first-order valence-electron chi connectivity index (χ1n) is 6.22. The highest BCUT2D eigenvalue weighted by molar-refractivity contribution is 6.04. The van der Waals surface area contributed by atoms with Gasteiger partial charge in [-0.2, -0.15) is 10.2 Å². The molecule has 20 heavy (non-hydrogen) atoms. The molecule has 0 aliphatic carbocycles. The molecule has 6 nitrogen and oxygen atoms in total. The zero-order valence-corrected chi connectivity index (χ0v) is 11.9. The van der Waals surface area contributed by atoms with Crippen LogP contribution in [0.4, 0.5) is 0 Å². The highest BCUT2D eigenvalue weighted by Crippen LogP contribution is 2.11. The lowest BCUT2D eigenvalue weighted by atomic mass is 10.2. The van der Waals surface area contributed by atoms with Crippen LogP contribution >= 0.6 is 0 Å². The van der Waals surface area contributed by atoms with E-state index in [-0.39, 0.29) is 0 Å². The zero-order valence-electron chi connectivity index (χ0n) is 11.9. The summed E-state index contributed by atoms with van der Waals surface area (Å²) in [5.41, 5.74) is 2.88. The molecule has 2 rings (SSSR count). The Bertz CT molecular complexity index is 686. The molecule has 0 bridgehead atoms. The normalized spacial score (nSPS) is 14.8. The summed E-state index contributed by atoms with van der Waals surface area (Å²) in [5, 5.41) is 20.4. The number of aromatic nitrogens is 1. The highest BCUT2D eigenvalue weighted by atomic mass is 16.5. The Balaban J connectivity index is 2.43. The number of allylic oxidation sites excluding steroid dienone is 4. The fourth-order valence-electron chi connectivity index (χ4n) is 1.96. The van der Waals surface area contributed by atoms with E-state index in [0.29, 0.717) is 33.9 Å². The first kappa shape index (κ1) is 13.9. The number of hydrogen-bond donors (Lipinski definition) is 0. The number of rotatable bonds is 1. The Morgan fingerprint density at radius 1 is 1.00 bits per heavy atom. The first-order valence-corrected chi connectivity index (χ1v) is 6.22. The average Bonchev–Trinajstić information content (AvgIpc) is 2.39. The first-order chi connectivity index (χ1) is 9.38. The van der Waals surface area contributed by atoms with Crippen LogP contribution < -0.4 is 5.36 Å². The fourth-order valence-corrected chi connectivity index (χ4v) is 1.96. The van der Waals surface area contributed by atoms with Crippen LogP contribution in [-0.4, -0.2) is 15.2 Å². The predicted molar refractivity (Wildman–Crippen MR) is 76.8 cm³/mol. The Hall–Kier alpha value is -2.50. The van der Waals surface area contributed by atoms with Crippen molar-refractivity contribution < 1.29 is 4.76 Å². The van der Waals surface area contributed by atoms with E-state index in [0.717, 1.165) is 9.49 Å². The van der Waals surface area contributed by atoms with E-state index < -0.39 is 0 Å². The minimum atomic E-state index is 0.566. The number of nitroso groups, excluding NO2 is 1. The van der Waals surface area contributed by atoms with Gasteiger partial charge in [-0.3, -0.25) is 0 Å². The topological polar surface area (TPSA) is 72.8 Å². The number of hydrogen-bond acceptors (Lipinski definition) is 4. The molecule has 2 heterocycles. The van der Waals surface area contributed by atoms with E-state index in [1.165, 1.54) is 0 Å². The van der Waals surface area contributed by atoms with Gasteiger partial charge >= 0.3 is 0 Å². The second-order valence-electron chi connectivity index (χ2n) is 4.78. The van der Waals surface area contributed by atoms with Gasteiger partial charge in [-0.25, -0.2) is 0 Å². The quantitative estimate of drug-likeness (QED) is 0.581. The van der Waals surface area contributed by atoms with E-state index >= 15 is 0 Å². The van der Waals surface area contributed by atoms with E-state index in [2.05, 4.69) is 10.2 Å². The van der Waals surface area contributed by atoms with Gasteiger partial charge < -0.3 is 9.94 Å². The van der Waals surface area contributed by atoms with Crippen molar-refractivity contribution >= 4 is 5.71 Å². The van der Waals surface area contributed by atoms with Crippen molar-refractivity contribution in [3.63, 3.8) is 0 Å². The molecule has 1 aliphatic rings. The maximum atomic E-state index is 11.5. The molecule has 1 aromatic rings. The maximum Gasteiger partial charge on any atom is 0.239 e. The van der Waals surface area contributed by atoms with Crippen LogP contribution in [0.2, 0.25) is 0 Å². The van der Waals surface area contributed by atoms with Crippen LogP contribution in [-0.2, 0) is 0 Å². The summed E-state index contributed by atoms with van der Waals surface area (Å²) in [7, 11) is 0. The van der Waals surface area contributed by atoms with Gasteiger partial charge in [0.05, 0.1) is 15.8 Å². The lowest BCUT2D eigenvalue weighted by molar-refractivity contribution is -0.445. The van der Waals surface area contributed by atoms with Crippen molar-refractivity contribution in [1.29, 1.82) is 0 Å². The second-order valence-corrected chi connectivity index (χ2v) is 4.78. The zero-order chi connectivity index (χ0) is 14.9. The van der Waals surface area contributed by atoms with Crippen molar-refractivity contribution in [3.8, 4) is 0 Å². The lowest BCUT2D eigenvalue weighted by Gasteiger charge is -2.17. The molecule has 0 saturated carbocycles. The van der Waals surface area contributed by atoms with Gasteiger partial charge in [-0.15, -0.1) is 0 Å². The molecule has 0 amide bonds. The van der Waals surface area contributed by atoms with Crippen molar-refractivity contribution in [3.05, 3.63) is 62.5 Å². The Morgan fingerprint density at radius 2 is 1.50 bits per heavy atom. The highest BCUT2D eigenvalue weighted by Gasteiger charge is 2.21. The maximum absolute atomic E-state index is 11.5. The summed E-state index contributed by atoms with van der Waals surface area (Å²) >= 11 is 0. The Kier molecular flexibility index (Phi) is 3.65. The van der Waals surface area contributed by atoms with Crippen LogP contribution in [0.15, 0.2) is 45.9 Å². The van der Waals surface area contributed by atoms with Gasteiger partial charge in [-0.05, 0) is 26.0 Å². The molecule has 0 atom stereocenters. The molecule has 0 saturated heterocycles.